The second kappa shape index (κ2) is 10.4. The molecule has 2 N–H and O–H groups in total. The molecule has 4 aromatic rings. The number of rotatable bonds is 10. The van der Waals surface area contributed by atoms with E-state index in [0.29, 0.717) is 48.2 Å². The number of imidazole rings is 1. The molecule has 0 fully saturated rings. The Morgan fingerprint density at radius 1 is 1.12 bits per heavy atom. The largest absolute Gasteiger partial charge is 0.493 e. The summed E-state index contributed by atoms with van der Waals surface area (Å²) in [5.41, 5.74) is 3.20. The number of hydrogen-bond acceptors (Lipinski definition) is 5. The van der Waals surface area contributed by atoms with Gasteiger partial charge in [0.25, 0.3) is 0 Å². The molecule has 2 aromatic heterocycles. The first-order valence-corrected chi connectivity index (χ1v) is 11.1. The lowest BCUT2D eigenvalue weighted by molar-refractivity contribution is -0.136. The van der Waals surface area contributed by atoms with Gasteiger partial charge in [0.05, 0.1) is 6.61 Å². The lowest BCUT2D eigenvalue weighted by Crippen LogP contribution is -2.04. The van der Waals surface area contributed by atoms with Crippen LogP contribution >= 0.6 is 11.6 Å². The Morgan fingerprint density at radius 2 is 1.91 bits per heavy atom. The Kier molecular flexibility index (Phi) is 7.10. The zero-order chi connectivity index (χ0) is 23.2. The van der Waals surface area contributed by atoms with Crippen LogP contribution in [0.2, 0.25) is 5.02 Å². The second-order valence-corrected chi connectivity index (χ2v) is 8.06. The molecule has 2 aromatic carbocycles. The van der Waals surface area contributed by atoms with Crippen molar-refractivity contribution in [2.75, 3.05) is 6.61 Å². The molecule has 33 heavy (non-hydrogen) atoms. The van der Waals surface area contributed by atoms with E-state index in [9.17, 15) is 4.79 Å². The average molecular weight is 466 g/mol. The molecule has 0 atom stereocenters. The molecule has 0 bridgehead atoms. The van der Waals surface area contributed by atoms with Crippen LogP contribution < -0.4 is 4.74 Å². The first kappa shape index (κ1) is 22.6. The average Bonchev–Trinajstić information content (AvgIpc) is 3.43. The summed E-state index contributed by atoms with van der Waals surface area (Å²) in [6, 6.07) is 15.0. The van der Waals surface area contributed by atoms with Gasteiger partial charge in [-0.05, 0) is 43.5 Å². The maximum Gasteiger partial charge on any atom is 0.303 e. The van der Waals surface area contributed by atoms with Crippen LogP contribution in [0.3, 0.4) is 0 Å². The van der Waals surface area contributed by atoms with Crippen molar-refractivity contribution in [1.29, 1.82) is 0 Å². The van der Waals surface area contributed by atoms with Crippen molar-refractivity contribution >= 4 is 17.6 Å². The number of para-hydroxylation sites is 1. The van der Waals surface area contributed by atoms with E-state index in [1.54, 1.807) is 6.20 Å². The fraction of sp³-hybridized carbons (Fsp3) is 0.240. The summed E-state index contributed by atoms with van der Waals surface area (Å²) in [4.78, 5) is 23.1. The minimum absolute atomic E-state index is 0.0678. The Morgan fingerprint density at radius 3 is 2.64 bits per heavy atom. The zero-order valence-corrected chi connectivity index (χ0v) is 18.9. The van der Waals surface area contributed by atoms with Gasteiger partial charge in [0.1, 0.15) is 28.7 Å². The molecule has 7 nitrogen and oxygen atoms in total. The highest BCUT2D eigenvalue weighted by Gasteiger charge is 2.18. The van der Waals surface area contributed by atoms with Crippen LogP contribution in [0.1, 0.15) is 30.0 Å². The summed E-state index contributed by atoms with van der Waals surface area (Å²) in [5.74, 6) is 1.87. The van der Waals surface area contributed by atoms with Crippen molar-refractivity contribution in [1.82, 2.24) is 15.0 Å². The smallest absolute Gasteiger partial charge is 0.303 e. The van der Waals surface area contributed by atoms with Crippen molar-refractivity contribution in [3.63, 3.8) is 0 Å². The fourth-order valence-electron chi connectivity index (χ4n) is 3.50. The molecule has 2 heterocycles. The van der Waals surface area contributed by atoms with E-state index in [1.165, 1.54) is 0 Å². The molecule has 0 aliphatic carbocycles. The van der Waals surface area contributed by atoms with Crippen molar-refractivity contribution in [2.24, 2.45) is 0 Å². The monoisotopic (exact) mass is 465 g/mol. The highest BCUT2D eigenvalue weighted by Crippen LogP contribution is 2.30. The lowest BCUT2D eigenvalue weighted by Gasteiger charge is -2.10. The van der Waals surface area contributed by atoms with Gasteiger partial charge in [-0.15, -0.1) is 0 Å². The number of nitrogens with one attached hydrogen (secondary N) is 1. The normalized spacial score (nSPS) is 11.0. The Labute approximate surface area is 196 Å². The number of ether oxygens (including phenoxy) is 1. The number of oxazole rings is 1. The summed E-state index contributed by atoms with van der Waals surface area (Å²) in [6.45, 7) is 2.33. The molecule has 0 amide bonds. The highest BCUT2D eigenvalue weighted by atomic mass is 35.5. The number of hydrogen-bond donors (Lipinski definition) is 2. The fourth-order valence-corrected chi connectivity index (χ4v) is 3.63. The van der Waals surface area contributed by atoms with E-state index in [0.717, 1.165) is 28.4 Å². The number of aromatic nitrogens is 3. The van der Waals surface area contributed by atoms with Gasteiger partial charge in [0.15, 0.2) is 0 Å². The predicted molar refractivity (Wildman–Crippen MR) is 125 cm³/mol. The van der Waals surface area contributed by atoms with Crippen LogP contribution in [0.4, 0.5) is 0 Å². The SMILES string of the molecule is Cc1nc(-c2nc(-c3ccc(Cl)cc3)c(CCCOc3ccccc3CCC(=O)O)o2)c[nH]1. The molecular weight excluding hydrogens is 442 g/mol. The summed E-state index contributed by atoms with van der Waals surface area (Å²) in [6.07, 6.45) is 3.58. The number of benzene rings is 2. The lowest BCUT2D eigenvalue weighted by atomic mass is 10.1. The topological polar surface area (TPSA) is 101 Å². The third-order valence-corrected chi connectivity index (χ3v) is 5.38. The number of nitrogens with zero attached hydrogens (tertiary/aromatic N) is 2. The minimum Gasteiger partial charge on any atom is -0.493 e. The van der Waals surface area contributed by atoms with E-state index in [4.69, 9.17) is 30.8 Å². The number of H-pyrrole nitrogens is 1. The van der Waals surface area contributed by atoms with Crippen LogP contribution in [-0.2, 0) is 17.6 Å². The maximum absolute atomic E-state index is 10.9. The molecule has 170 valence electrons. The number of carboxylic acids is 1. The van der Waals surface area contributed by atoms with Gasteiger partial charge >= 0.3 is 5.97 Å². The Bertz CT molecular complexity index is 1230. The highest BCUT2D eigenvalue weighted by molar-refractivity contribution is 6.30. The minimum atomic E-state index is -0.826. The first-order valence-electron chi connectivity index (χ1n) is 10.7. The zero-order valence-electron chi connectivity index (χ0n) is 18.2. The van der Waals surface area contributed by atoms with Crippen LogP contribution in [-0.4, -0.2) is 32.6 Å². The van der Waals surface area contributed by atoms with Gasteiger partial charge in [-0.2, -0.15) is 0 Å². The van der Waals surface area contributed by atoms with Gasteiger partial charge in [-0.1, -0.05) is 41.9 Å². The molecule has 0 radical (unpaired) electrons. The summed E-state index contributed by atoms with van der Waals surface area (Å²) in [7, 11) is 0. The number of carboxylic acid groups (broad SMARTS) is 1. The molecule has 0 aliphatic heterocycles. The van der Waals surface area contributed by atoms with Crippen LogP contribution in [0.5, 0.6) is 5.75 Å². The summed E-state index contributed by atoms with van der Waals surface area (Å²) >= 11 is 6.05. The first-order chi connectivity index (χ1) is 16.0. The standard InChI is InChI=1S/C25H24ClN3O4/c1-16-27-15-20(28-16)25-29-24(18-8-11-19(26)12-9-18)22(33-25)7-4-14-32-21-6-3-2-5-17(21)10-13-23(30)31/h2-3,5-6,8-9,11-12,15H,4,7,10,13-14H2,1H3,(H,27,28)(H,30,31). The van der Waals surface area contributed by atoms with E-state index in [2.05, 4.69) is 9.97 Å². The quantitative estimate of drug-likeness (QED) is 0.290. The molecule has 0 spiro atoms. The van der Waals surface area contributed by atoms with Gasteiger partial charge in [-0.3, -0.25) is 4.79 Å². The Balaban J connectivity index is 1.47. The van der Waals surface area contributed by atoms with Gasteiger partial charge < -0.3 is 19.2 Å². The number of halogens is 1. The number of aromatic amines is 1. The van der Waals surface area contributed by atoms with Crippen LogP contribution in [0.25, 0.3) is 22.8 Å². The van der Waals surface area contributed by atoms with E-state index in [1.807, 2.05) is 55.5 Å². The molecular formula is C25H24ClN3O4. The molecule has 0 unspecified atom stereocenters. The third-order valence-electron chi connectivity index (χ3n) is 5.13. The van der Waals surface area contributed by atoms with Gasteiger partial charge in [-0.25, -0.2) is 9.97 Å². The maximum atomic E-state index is 10.9. The number of carbonyl (C=O) groups is 1. The van der Waals surface area contributed by atoms with E-state index < -0.39 is 5.97 Å². The predicted octanol–water partition coefficient (Wildman–Crippen LogP) is 5.72. The molecule has 0 aliphatic rings. The van der Waals surface area contributed by atoms with Gasteiger partial charge in [0, 0.05) is 29.6 Å². The molecule has 8 heteroatoms. The summed E-state index contributed by atoms with van der Waals surface area (Å²) in [5, 5.41) is 9.61. The molecule has 0 saturated carbocycles. The van der Waals surface area contributed by atoms with Crippen molar-refractivity contribution in [3.8, 4) is 28.6 Å². The molecule has 0 saturated heterocycles. The molecule has 4 rings (SSSR count). The van der Waals surface area contributed by atoms with E-state index >= 15 is 0 Å². The van der Waals surface area contributed by atoms with Crippen molar-refractivity contribution in [2.45, 2.75) is 32.6 Å². The number of aliphatic carboxylic acids is 1. The summed E-state index contributed by atoms with van der Waals surface area (Å²) < 4.78 is 12.0. The Hall–Kier alpha value is -3.58. The third kappa shape index (κ3) is 5.81. The van der Waals surface area contributed by atoms with Crippen LogP contribution in [0.15, 0.2) is 59.1 Å². The second-order valence-electron chi connectivity index (χ2n) is 7.62. The van der Waals surface area contributed by atoms with Crippen LogP contribution in [0, 0.1) is 6.92 Å². The van der Waals surface area contributed by atoms with Gasteiger partial charge in [0.2, 0.25) is 5.89 Å². The van der Waals surface area contributed by atoms with Crippen molar-refractivity contribution < 1.29 is 19.1 Å². The van der Waals surface area contributed by atoms with E-state index in [-0.39, 0.29) is 6.42 Å². The number of aryl methyl sites for hydroxylation is 3. The van der Waals surface area contributed by atoms with Crippen molar-refractivity contribution in [3.05, 3.63) is 76.9 Å².